The number of urea groups is 1. The molecule has 0 unspecified atom stereocenters. The highest BCUT2D eigenvalue weighted by Gasteiger charge is 2.38. The Balaban J connectivity index is 1.33. The van der Waals surface area contributed by atoms with Crippen LogP contribution in [-0.2, 0) is 16.1 Å². The van der Waals surface area contributed by atoms with Crippen LogP contribution in [0.5, 0.6) is 23.0 Å². The monoisotopic (exact) mass is 441 g/mol. The molecule has 2 aliphatic rings. The highest BCUT2D eigenvalue weighted by Crippen LogP contribution is 2.33. The summed E-state index contributed by atoms with van der Waals surface area (Å²) in [6.45, 7) is 0.252. The number of benzene rings is 2. The van der Waals surface area contributed by atoms with Gasteiger partial charge in [0.25, 0.3) is 5.91 Å². The average molecular weight is 441 g/mol. The van der Waals surface area contributed by atoms with Gasteiger partial charge in [-0.3, -0.25) is 14.5 Å². The van der Waals surface area contributed by atoms with Gasteiger partial charge < -0.3 is 29.6 Å². The van der Waals surface area contributed by atoms with Crippen LogP contribution in [0.2, 0.25) is 0 Å². The lowest BCUT2D eigenvalue weighted by molar-refractivity contribution is -0.128. The summed E-state index contributed by atoms with van der Waals surface area (Å²) >= 11 is 0. The maximum atomic E-state index is 12.7. The summed E-state index contributed by atoms with van der Waals surface area (Å²) < 4.78 is 21.0. The van der Waals surface area contributed by atoms with Gasteiger partial charge in [0, 0.05) is 30.3 Å². The van der Waals surface area contributed by atoms with Crippen molar-refractivity contribution in [3.05, 3.63) is 42.0 Å². The van der Waals surface area contributed by atoms with Gasteiger partial charge in [-0.15, -0.1) is 0 Å². The molecule has 4 amide bonds. The van der Waals surface area contributed by atoms with Gasteiger partial charge in [0.15, 0.2) is 11.5 Å². The molecule has 0 aromatic heterocycles. The number of fused-ring (bicyclic) bond motifs is 1. The van der Waals surface area contributed by atoms with E-state index >= 15 is 0 Å². The second-order valence-electron chi connectivity index (χ2n) is 7.30. The van der Waals surface area contributed by atoms with E-state index in [4.69, 9.17) is 18.9 Å². The zero-order chi connectivity index (χ0) is 22.7. The van der Waals surface area contributed by atoms with Crippen molar-refractivity contribution >= 4 is 23.5 Å². The third-order valence-electron chi connectivity index (χ3n) is 5.18. The van der Waals surface area contributed by atoms with Crippen molar-refractivity contribution in [2.24, 2.45) is 0 Å². The zero-order valence-corrected chi connectivity index (χ0v) is 17.7. The maximum absolute atomic E-state index is 12.7. The fourth-order valence-corrected chi connectivity index (χ4v) is 3.52. The largest absolute Gasteiger partial charge is 0.497 e. The van der Waals surface area contributed by atoms with Crippen LogP contribution in [0, 0.1) is 0 Å². The second kappa shape index (κ2) is 9.04. The highest BCUT2D eigenvalue weighted by molar-refractivity contribution is 6.04. The summed E-state index contributed by atoms with van der Waals surface area (Å²) in [6.07, 6.45) is 0.225. The fourth-order valence-electron chi connectivity index (χ4n) is 3.52. The molecular formula is C22H23N3O7. The lowest BCUT2D eigenvalue weighted by Crippen LogP contribution is -2.31. The van der Waals surface area contributed by atoms with Gasteiger partial charge >= 0.3 is 6.03 Å². The van der Waals surface area contributed by atoms with Crippen molar-refractivity contribution < 1.29 is 33.3 Å². The predicted octanol–water partition coefficient (Wildman–Crippen LogP) is 2.27. The van der Waals surface area contributed by atoms with Crippen LogP contribution in [0.4, 0.5) is 10.5 Å². The number of amides is 4. The Bertz CT molecular complexity index is 1030. The number of anilines is 1. The molecule has 10 nitrogen and oxygen atoms in total. The first-order chi connectivity index (χ1) is 15.5. The average Bonchev–Trinajstić information content (AvgIpc) is 3.36. The number of carbonyl (C=O) groups excluding carboxylic acids is 3. The molecule has 32 heavy (non-hydrogen) atoms. The number of hydrogen-bond acceptors (Lipinski definition) is 7. The summed E-state index contributed by atoms with van der Waals surface area (Å²) in [6, 6.07) is 9.02. The van der Waals surface area contributed by atoms with E-state index < -0.39 is 12.1 Å². The van der Waals surface area contributed by atoms with Gasteiger partial charge in [-0.05, 0) is 24.1 Å². The minimum atomic E-state index is -0.762. The van der Waals surface area contributed by atoms with Crippen LogP contribution in [0.1, 0.15) is 18.4 Å². The lowest BCUT2D eigenvalue weighted by atomic mass is 10.1. The molecule has 0 radical (unpaired) electrons. The first-order valence-electron chi connectivity index (χ1n) is 10.00. The lowest BCUT2D eigenvalue weighted by Gasteiger charge is -2.13. The number of ether oxygens (including phenoxy) is 4. The molecule has 2 N–H and O–H groups in total. The van der Waals surface area contributed by atoms with Crippen LogP contribution >= 0.6 is 0 Å². The minimum Gasteiger partial charge on any atom is -0.497 e. The quantitative estimate of drug-likeness (QED) is 0.604. The Morgan fingerprint density at radius 3 is 2.53 bits per heavy atom. The first kappa shape index (κ1) is 21.3. The fraction of sp³-hybridized carbons (Fsp3) is 0.318. The first-order valence-corrected chi connectivity index (χ1v) is 10.00. The molecule has 0 saturated carbocycles. The van der Waals surface area contributed by atoms with Crippen molar-refractivity contribution in [1.82, 2.24) is 10.2 Å². The molecule has 2 aromatic rings. The number of nitrogens with zero attached hydrogens (tertiary/aromatic N) is 1. The Kier molecular flexibility index (Phi) is 6.02. The third kappa shape index (κ3) is 4.53. The van der Waals surface area contributed by atoms with Gasteiger partial charge in [-0.2, -0.15) is 0 Å². The zero-order valence-electron chi connectivity index (χ0n) is 17.7. The van der Waals surface area contributed by atoms with Crippen molar-refractivity contribution in [2.45, 2.75) is 25.4 Å². The van der Waals surface area contributed by atoms with Gasteiger partial charge in [-0.25, -0.2) is 4.79 Å². The van der Waals surface area contributed by atoms with Crippen molar-refractivity contribution in [1.29, 1.82) is 0 Å². The van der Waals surface area contributed by atoms with Gasteiger partial charge in [0.2, 0.25) is 12.7 Å². The number of methoxy groups -OCH3 is 2. The van der Waals surface area contributed by atoms with E-state index in [1.165, 1.54) is 14.2 Å². The maximum Gasteiger partial charge on any atom is 0.325 e. The second-order valence-corrected chi connectivity index (χ2v) is 7.30. The van der Waals surface area contributed by atoms with E-state index in [-0.39, 0.29) is 38.0 Å². The van der Waals surface area contributed by atoms with Crippen molar-refractivity contribution in [3.8, 4) is 23.0 Å². The van der Waals surface area contributed by atoms with E-state index in [2.05, 4.69) is 10.6 Å². The highest BCUT2D eigenvalue weighted by atomic mass is 16.7. The molecule has 0 spiro atoms. The predicted molar refractivity (Wildman–Crippen MR) is 113 cm³/mol. The van der Waals surface area contributed by atoms with Crippen LogP contribution < -0.4 is 29.6 Å². The summed E-state index contributed by atoms with van der Waals surface area (Å²) in [7, 11) is 3.04. The Morgan fingerprint density at radius 1 is 1.09 bits per heavy atom. The van der Waals surface area contributed by atoms with Gasteiger partial charge in [0.1, 0.15) is 17.5 Å². The van der Waals surface area contributed by atoms with E-state index in [9.17, 15) is 14.4 Å². The molecule has 2 heterocycles. The smallest absolute Gasteiger partial charge is 0.325 e. The topological polar surface area (TPSA) is 115 Å². The molecule has 1 saturated heterocycles. The molecule has 4 rings (SSSR count). The molecule has 2 aromatic carbocycles. The number of nitrogens with one attached hydrogen (secondary N) is 2. The summed E-state index contributed by atoms with van der Waals surface area (Å²) in [5.74, 6) is 1.62. The summed E-state index contributed by atoms with van der Waals surface area (Å²) in [4.78, 5) is 38.5. The Labute approximate surface area is 184 Å². The molecule has 1 fully saturated rings. The number of imide groups is 1. The van der Waals surface area contributed by atoms with E-state index in [1.807, 2.05) is 0 Å². The van der Waals surface area contributed by atoms with Crippen LogP contribution in [0.15, 0.2) is 36.4 Å². The SMILES string of the molecule is COc1cc(NC(=O)CC[C@H]2NC(=O)N(Cc3ccc4c(c3)OCO4)C2=O)cc(OC)c1. The minimum absolute atomic E-state index is 0.0497. The molecule has 168 valence electrons. The van der Waals surface area contributed by atoms with Gasteiger partial charge in [0.05, 0.1) is 20.8 Å². The van der Waals surface area contributed by atoms with Crippen LogP contribution in [-0.4, -0.2) is 49.8 Å². The number of rotatable bonds is 8. The van der Waals surface area contributed by atoms with Crippen LogP contribution in [0.25, 0.3) is 0 Å². The van der Waals surface area contributed by atoms with E-state index in [1.54, 1.807) is 36.4 Å². The number of carbonyl (C=O) groups is 3. The molecule has 1 atom stereocenters. The van der Waals surface area contributed by atoms with Crippen molar-refractivity contribution in [2.75, 3.05) is 26.3 Å². The third-order valence-corrected chi connectivity index (χ3v) is 5.18. The molecule has 10 heteroatoms. The molecule has 2 aliphatic heterocycles. The van der Waals surface area contributed by atoms with Gasteiger partial charge in [-0.1, -0.05) is 6.07 Å². The summed E-state index contributed by atoms with van der Waals surface area (Å²) in [5, 5.41) is 5.40. The molecular weight excluding hydrogens is 418 g/mol. The van der Waals surface area contributed by atoms with E-state index in [0.717, 1.165) is 10.5 Å². The molecule has 0 bridgehead atoms. The molecule has 0 aliphatic carbocycles. The Hall–Kier alpha value is -3.95. The Morgan fingerprint density at radius 2 is 1.81 bits per heavy atom. The van der Waals surface area contributed by atoms with E-state index in [0.29, 0.717) is 28.7 Å². The normalized spacial score (nSPS) is 16.7. The van der Waals surface area contributed by atoms with Crippen molar-refractivity contribution in [3.63, 3.8) is 0 Å². The standard InChI is InChI=1S/C22H23N3O7/c1-29-15-8-14(9-16(10-15)30-2)23-20(26)6-4-17-21(27)25(22(28)24-17)11-13-3-5-18-19(7-13)32-12-31-18/h3,5,7-10,17H,4,6,11-12H2,1-2H3,(H,23,26)(H,24,28)/t17-/m1/s1. The van der Waals surface area contributed by atoms with Crippen LogP contribution in [0.3, 0.4) is 0 Å². The number of hydrogen-bond donors (Lipinski definition) is 2. The summed E-state index contributed by atoms with van der Waals surface area (Å²) in [5.41, 5.74) is 1.25.